The van der Waals surface area contributed by atoms with Crippen molar-refractivity contribution in [1.29, 1.82) is 5.41 Å². The van der Waals surface area contributed by atoms with Crippen LogP contribution in [0, 0.1) is 5.41 Å². The molecule has 0 saturated carbocycles. The second-order valence-corrected chi connectivity index (χ2v) is 4.76. The largest absolute Gasteiger partial charge is 0.453 e. The Morgan fingerprint density at radius 2 is 1.73 bits per heavy atom. The summed E-state index contributed by atoms with van der Waals surface area (Å²) >= 11 is 0. The number of anilines is 1. The lowest BCUT2D eigenvalue weighted by atomic mass is 10.0. The van der Waals surface area contributed by atoms with Gasteiger partial charge in [0.05, 0.1) is 5.36 Å². The van der Waals surface area contributed by atoms with Crippen molar-refractivity contribution in [3.05, 3.63) is 53.9 Å². The van der Waals surface area contributed by atoms with E-state index >= 15 is 0 Å². The molecule has 2 aliphatic rings. The minimum absolute atomic E-state index is 0.432. The zero-order valence-corrected chi connectivity index (χ0v) is 12.6. The van der Waals surface area contributed by atoms with Gasteiger partial charge in [0.15, 0.2) is 11.3 Å². The molecule has 0 saturated heterocycles. The van der Waals surface area contributed by atoms with Gasteiger partial charge >= 0.3 is 0 Å². The monoisotopic (exact) mass is 291 g/mol. The summed E-state index contributed by atoms with van der Waals surface area (Å²) in [7, 11) is 0. The van der Waals surface area contributed by atoms with Gasteiger partial charge in [-0.2, -0.15) is 0 Å². The molecule has 0 spiro atoms. The van der Waals surface area contributed by atoms with E-state index in [-0.39, 0.29) is 0 Å². The van der Waals surface area contributed by atoms with Crippen LogP contribution in [0.15, 0.2) is 52.9 Å². The average molecular weight is 291 g/mol. The van der Waals surface area contributed by atoms with Gasteiger partial charge < -0.3 is 15.6 Å². The summed E-state index contributed by atoms with van der Waals surface area (Å²) in [6.07, 6.45) is 0. The molecule has 4 heteroatoms. The summed E-state index contributed by atoms with van der Waals surface area (Å²) in [5, 5.41) is 10.3. The molecule has 110 valence electrons. The molecule has 0 fully saturated rings. The molecule has 2 aromatic rings. The van der Waals surface area contributed by atoms with Gasteiger partial charge in [-0.05, 0) is 12.1 Å². The zero-order valence-electron chi connectivity index (χ0n) is 12.6. The van der Waals surface area contributed by atoms with E-state index in [0.717, 1.165) is 22.0 Å². The average Bonchev–Trinajstić information content (AvgIpc) is 2.55. The molecule has 1 aliphatic carbocycles. The minimum atomic E-state index is 0.432. The Hall–Kier alpha value is -2.88. The fraction of sp³-hybridized carbons (Fsp3) is 0.111. The minimum Gasteiger partial charge on any atom is -0.453 e. The second kappa shape index (κ2) is 5.48. The number of nitrogen functional groups attached to an aromatic ring is 1. The van der Waals surface area contributed by atoms with Gasteiger partial charge in [-0.15, -0.1) is 0 Å². The van der Waals surface area contributed by atoms with E-state index in [1.54, 1.807) is 18.2 Å². The lowest BCUT2D eigenvalue weighted by molar-refractivity contribution is 0.613. The van der Waals surface area contributed by atoms with Gasteiger partial charge in [-0.3, -0.25) is 0 Å². The maximum atomic E-state index is 8.08. The van der Waals surface area contributed by atoms with E-state index in [9.17, 15) is 0 Å². The Morgan fingerprint density at radius 1 is 1.00 bits per heavy atom. The molecule has 4 nitrogen and oxygen atoms in total. The SMILES string of the molecule is CC.N=c1cc2oc3cc(N)ccc3nc-2c2ccccc12. The highest BCUT2D eigenvalue weighted by molar-refractivity contribution is 5.96. The molecule has 3 N–H and O–H groups in total. The van der Waals surface area contributed by atoms with Crippen molar-refractivity contribution in [2.45, 2.75) is 13.8 Å². The molecular formula is C18H17N3O. The molecule has 1 aliphatic heterocycles. The van der Waals surface area contributed by atoms with Gasteiger partial charge in [-0.1, -0.05) is 38.1 Å². The Labute approximate surface area is 128 Å². The predicted octanol–water partition coefficient (Wildman–Crippen LogP) is 4.17. The summed E-state index contributed by atoms with van der Waals surface area (Å²) in [6, 6.07) is 14.8. The highest BCUT2D eigenvalue weighted by Crippen LogP contribution is 2.30. The topological polar surface area (TPSA) is 75.9 Å². The van der Waals surface area contributed by atoms with Crippen molar-refractivity contribution in [3.8, 4) is 11.5 Å². The van der Waals surface area contributed by atoms with Gasteiger partial charge in [-0.25, -0.2) is 4.98 Å². The maximum absolute atomic E-state index is 8.08. The molecule has 2 aromatic carbocycles. The van der Waals surface area contributed by atoms with Crippen LogP contribution in [-0.4, -0.2) is 4.98 Å². The third-order valence-corrected chi connectivity index (χ3v) is 3.42. The first-order valence-corrected chi connectivity index (χ1v) is 7.29. The van der Waals surface area contributed by atoms with Crippen LogP contribution < -0.4 is 11.1 Å². The molecule has 0 amide bonds. The van der Waals surface area contributed by atoms with Gasteiger partial charge in [0.25, 0.3) is 0 Å². The molecule has 0 aromatic heterocycles. The molecular weight excluding hydrogens is 274 g/mol. The van der Waals surface area contributed by atoms with Crippen LogP contribution in [0.3, 0.4) is 0 Å². The predicted molar refractivity (Wildman–Crippen MR) is 89.8 cm³/mol. The first-order valence-electron chi connectivity index (χ1n) is 7.29. The van der Waals surface area contributed by atoms with Crippen LogP contribution in [0.25, 0.3) is 33.3 Å². The Kier molecular flexibility index (Phi) is 3.51. The molecule has 22 heavy (non-hydrogen) atoms. The van der Waals surface area contributed by atoms with E-state index in [4.69, 9.17) is 15.6 Å². The highest BCUT2D eigenvalue weighted by atomic mass is 16.3. The molecule has 0 unspecified atom stereocenters. The number of fused-ring (bicyclic) bond motifs is 4. The van der Waals surface area contributed by atoms with Crippen molar-refractivity contribution in [3.63, 3.8) is 0 Å². The summed E-state index contributed by atoms with van der Waals surface area (Å²) in [4.78, 5) is 4.66. The molecule has 4 rings (SSSR count). The quantitative estimate of drug-likeness (QED) is 0.290. The number of rotatable bonds is 0. The van der Waals surface area contributed by atoms with Crippen molar-refractivity contribution in [1.82, 2.24) is 4.98 Å². The van der Waals surface area contributed by atoms with Crippen molar-refractivity contribution in [2.24, 2.45) is 0 Å². The van der Waals surface area contributed by atoms with Crippen molar-refractivity contribution < 1.29 is 4.42 Å². The van der Waals surface area contributed by atoms with Gasteiger partial charge in [0, 0.05) is 28.6 Å². The standard InChI is InChI=1S/C16H11N3O.C2H6/c17-9-5-6-13-14(7-9)20-15-8-12(18)10-3-1-2-4-11(10)16(15)19-13;1-2/h1-8,18H,17H2;1-2H3. The zero-order chi connectivity index (χ0) is 15.7. The second-order valence-electron chi connectivity index (χ2n) is 4.76. The van der Waals surface area contributed by atoms with E-state index in [1.807, 2.05) is 44.2 Å². The van der Waals surface area contributed by atoms with E-state index in [0.29, 0.717) is 22.4 Å². The summed E-state index contributed by atoms with van der Waals surface area (Å²) in [5.74, 6) is 0.604. The van der Waals surface area contributed by atoms with Crippen molar-refractivity contribution in [2.75, 3.05) is 5.73 Å². The van der Waals surface area contributed by atoms with Gasteiger partial charge in [0.2, 0.25) is 0 Å². The fourth-order valence-corrected chi connectivity index (χ4v) is 2.47. The van der Waals surface area contributed by atoms with Crippen molar-refractivity contribution >= 4 is 27.6 Å². The molecule has 0 radical (unpaired) electrons. The number of benzene rings is 3. The van der Waals surface area contributed by atoms with Gasteiger partial charge in [0.1, 0.15) is 11.2 Å². The maximum Gasteiger partial charge on any atom is 0.155 e. The van der Waals surface area contributed by atoms with E-state index < -0.39 is 0 Å². The van der Waals surface area contributed by atoms with Crippen LogP contribution in [0.4, 0.5) is 5.69 Å². The number of nitrogens with one attached hydrogen (secondary N) is 1. The number of nitrogens with zero attached hydrogens (tertiary/aromatic N) is 1. The summed E-state index contributed by atoms with van der Waals surface area (Å²) < 4.78 is 5.85. The van der Waals surface area contributed by atoms with Crippen LogP contribution in [0.5, 0.6) is 0 Å². The highest BCUT2D eigenvalue weighted by Gasteiger charge is 2.13. The van der Waals surface area contributed by atoms with Crippen LogP contribution in [0.2, 0.25) is 0 Å². The fourth-order valence-electron chi connectivity index (χ4n) is 2.47. The first kappa shape index (κ1) is 14.1. The lowest BCUT2D eigenvalue weighted by Crippen LogP contribution is -2.04. The molecule has 0 bridgehead atoms. The smallest absolute Gasteiger partial charge is 0.155 e. The number of nitrogens with two attached hydrogens (primary N) is 1. The summed E-state index contributed by atoms with van der Waals surface area (Å²) in [6.45, 7) is 4.00. The number of hydrogen-bond donors (Lipinski definition) is 2. The summed E-state index contributed by atoms with van der Waals surface area (Å²) in [5.41, 5.74) is 8.56. The lowest BCUT2D eigenvalue weighted by Gasteiger charge is -2.10. The Morgan fingerprint density at radius 3 is 2.50 bits per heavy atom. The normalized spacial score (nSPS) is 10.6. The number of aromatic nitrogens is 1. The van der Waals surface area contributed by atoms with Crippen LogP contribution in [0.1, 0.15) is 13.8 Å². The van der Waals surface area contributed by atoms with Crippen LogP contribution in [-0.2, 0) is 0 Å². The molecule has 1 heterocycles. The van der Waals surface area contributed by atoms with E-state index in [2.05, 4.69) is 4.98 Å². The third-order valence-electron chi connectivity index (χ3n) is 3.42. The Balaban J connectivity index is 0.000000693. The number of hydrogen-bond acceptors (Lipinski definition) is 4. The molecule has 0 atom stereocenters. The first-order chi connectivity index (χ1) is 10.7. The Bertz CT molecular complexity index is 988. The van der Waals surface area contributed by atoms with E-state index in [1.165, 1.54) is 0 Å². The van der Waals surface area contributed by atoms with Crippen LogP contribution >= 0.6 is 0 Å². The third kappa shape index (κ3) is 2.19.